The molecule has 0 aliphatic heterocycles. The van der Waals surface area contributed by atoms with Crippen LogP contribution in [0, 0.1) is 13.8 Å². The first-order valence-electron chi connectivity index (χ1n) is 6.97. The maximum atomic E-state index is 6.43. The molecule has 0 bridgehead atoms. The van der Waals surface area contributed by atoms with Gasteiger partial charge in [-0.2, -0.15) is 0 Å². The third-order valence-electron chi connectivity index (χ3n) is 3.92. The molecule has 0 saturated carbocycles. The van der Waals surface area contributed by atoms with Gasteiger partial charge in [-0.15, -0.1) is 0 Å². The second-order valence-corrected chi connectivity index (χ2v) is 5.95. The summed E-state index contributed by atoms with van der Waals surface area (Å²) in [7, 11) is 0. The van der Waals surface area contributed by atoms with Crippen molar-refractivity contribution in [1.29, 1.82) is 0 Å². The lowest BCUT2D eigenvalue weighted by atomic mass is 10.1. The van der Waals surface area contributed by atoms with Gasteiger partial charge in [-0.05, 0) is 61.7 Å². The van der Waals surface area contributed by atoms with E-state index >= 15 is 0 Å². The Kier molecular flexibility index (Phi) is 3.47. The number of aryl methyl sites for hydroxylation is 2. The fourth-order valence-electron chi connectivity index (χ4n) is 2.46. The van der Waals surface area contributed by atoms with Gasteiger partial charge in [-0.3, -0.25) is 4.57 Å². The van der Waals surface area contributed by atoms with E-state index in [4.69, 9.17) is 17.3 Å². The largest absolute Gasteiger partial charge is 0.324 e. The fourth-order valence-corrected chi connectivity index (χ4v) is 2.74. The zero-order chi connectivity index (χ0) is 15.1. The monoisotopic (exact) mass is 299 g/mol. The fraction of sp³-hybridized carbons (Fsp3) is 0.235. The number of hydrogen-bond acceptors (Lipinski definition) is 2. The lowest BCUT2D eigenvalue weighted by molar-refractivity contribution is 0.817. The molecular weight excluding hydrogens is 282 g/mol. The predicted octanol–water partition coefficient (Wildman–Crippen LogP) is 4.32. The van der Waals surface area contributed by atoms with Gasteiger partial charge in [0, 0.05) is 6.04 Å². The van der Waals surface area contributed by atoms with Crippen LogP contribution in [0.15, 0.2) is 36.7 Å². The molecule has 0 aliphatic rings. The first-order valence-corrected chi connectivity index (χ1v) is 7.35. The van der Waals surface area contributed by atoms with Gasteiger partial charge in [0.1, 0.15) is 6.33 Å². The second-order valence-electron chi connectivity index (χ2n) is 5.54. The molecule has 2 N–H and O–H groups in total. The Morgan fingerprint density at radius 3 is 2.52 bits per heavy atom. The van der Waals surface area contributed by atoms with E-state index in [1.165, 1.54) is 11.1 Å². The van der Waals surface area contributed by atoms with Crippen molar-refractivity contribution in [2.75, 3.05) is 0 Å². The summed E-state index contributed by atoms with van der Waals surface area (Å²) < 4.78 is 2.02. The van der Waals surface area contributed by atoms with E-state index in [-0.39, 0.29) is 6.04 Å². The van der Waals surface area contributed by atoms with Crippen molar-refractivity contribution in [3.63, 3.8) is 0 Å². The maximum absolute atomic E-state index is 6.43. The molecule has 0 saturated heterocycles. The zero-order valence-electron chi connectivity index (χ0n) is 12.4. The van der Waals surface area contributed by atoms with Crippen molar-refractivity contribution in [3.8, 4) is 5.69 Å². The Morgan fingerprint density at radius 2 is 1.86 bits per heavy atom. The van der Waals surface area contributed by atoms with E-state index in [1.807, 2.05) is 36.0 Å². The van der Waals surface area contributed by atoms with Crippen LogP contribution in [0.5, 0.6) is 0 Å². The molecule has 2 aromatic carbocycles. The summed E-state index contributed by atoms with van der Waals surface area (Å²) in [5.41, 5.74) is 12.4. The average molecular weight is 300 g/mol. The number of imidazole rings is 1. The van der Waals surface area contributed by atoms with Crippen LogP contribution < -0.4 is 5.73 Å². The van der Waals surface area contributed by atoms with Gasteiger partial charge in [0.15, 0.2) is 0 Å². The molecule has 0 fully saturated rings. The van der Waals surface area contributed by atoms with Gasteiger partial charge < -0.3 is 5.73 Å². The topological polar surface area (TPSA) is 43.8 Å². The molecule has 108 valence electrons. The zero-order valence-corrected chi connectivity index (χ0v) is 13.1. The Bertz CT molecular complexity index is 818. The molecule has 3 rings (SSSR count). The van der Waals surface area contributed by atoms with E-state index in [0.717, 1.165) is 22.3 Å². The number of aromatic nitrogens is 2. The first kappa shape index (κ1) is 14.1. The van der Waals surface area contributed by atoms with Crippen molar-refractivity contribution < 1.29 is 0 Å². The minimum Gasteiger partial charge on any atom is -0.324 e. The van der Waals surface area contributed by atoms with Gasteiger partial charge in [0.25, 0.3) is 0 Å². The average Bonchev–Trinajstić information content (AvgIpc) is 2.82. The van der Waals surface area contributed by atoms with Gasteiger partial charge >= 0.3 is 0 Å². The minimum atomic E-state index is -0.0269. The summed E-state index contributed by atoms with van der Waals surface area (Å²) >= 11 is 6.43. The van der Waals surface area contributed by atoms with E-state index in [1.54, 1.807) is 0 Å². The van der Waals surface area contributed by atoms with E-state index in [2.05, 4.69) is 31.0 Å². The van der Waals surface area contributed by atoms with Crippen molar-refractivity contribution >= 4 is 22.6 Å². The molecule has 1 atom stereocenters. The lowest BCUT2D eigenvalue weighted by Gasteiger charge is -2.11. The number of rotatable bonds is 2. The van der Waals surface area contributed by atoms with Crippen molar-refractivity contribution in [2.24, 2.45) is 5.73 Å². The Hall–Kier alpha value is -1.84. The normalized spacial score (nSPS) is 12.8. The summed E-state index contributed by atoms with van der Waals surface area (Å²) in [6.45, 7) is 6.15. The van der Waals surface area contributed by atoms with Crippen molar-refractivity contribution in [1.82, 2.24) is 9.55 Å². The number of hydrogen-bond donors (Lipinski definition) is 1. The molecule has 0 radical (unpaired) electrons. The molecule has 4 heteroatoms. The summed E-state index contributed by atoms with van der Waals surface area (Å²) in [5.74, 6) is 0. The molecule has 1 heterocycles. The van der Waals surface area contributed by atoms with Crippen molar-refractivity contribution in [2.45, 2.75) is 26.8 Å². The molecule has 3 aromatic rings. The van der Waals surface area contributed by atoms with Gasteiger partial charge in [-0.25, -0.2) is 4.98 Å². The quantitative estimate of drug-likeness (QED) is 0.766. The summed E-state index contributed by atoms with van der Waals surface area (Å²) in [6, 6.07) is 10.2. The van der Waals surface area contributed by atoms with Gasteiger partial charge in [-0.1, -0.05) is 17.7 Å². The Morgan fingerprint density at radius 1 is 1.14 bits per heavy atom. The maximum Gasteiger partial charge on any atom is 0.100 e. The summed E-state index contributed by atoms with van der Waals surface area (Å²) in [6.07, 6.45) is 1.82. The lowest BCUT2D eigenvalue weighted by Crippen LogP contribution is -2.05. The molecule has 3 nitrogen and oxygen atoms in total. The van der Waals surface area contributed by atoms with E-state index < -0.39 is 0 Å². The van der Waals surface area contributed by atoms with Crippen LogP contribution in [-0.4, -0.2) is 9.55 Å². The summed E-state index contributed by atoms with van der Waals surface area (Å²) in [5, 5.41) is 0.683. The summed E-state index contributed by atoms with van der Waals surface area (Å²) in [4.78, 5) is 4.48. The highest BCUT2D eigenvalue weighted by atomic mass is 35.5. The first-order chi connectivity index (χ1) is 9.97. The molecule has 1 aromatic heterocycles. The molecule has 1 unspecified atom stereocenters. The third-order valence-corrected chi connectivity index (χ3v) is 4.22. The van der Waals surface area contributed by atoms with Crippen LogP contribution in [0.25, 0.3) is 16.7 Å². The number of nitrogens with zero attached hydrogens (tertiary/aromatic N) is 2. The third kappa shape index (κ3) is 2.43. The van der Waals surface area contributed by atoms with Gasteiger partial charge in [0.05, 0.1) is 21.7 Å². The molecule has 21 heavy (non-hydrogen) atoms. The van der Waals surface area contributed by atoms with Crippen LogP contribution in [0.2, 0.25) is 5.02 Å². The van der Waals surface area contributed by atoms with Crippen LogP contribution >= 0.6 is 11.6 Å². The number of nitrogens with two attached hydrogens (primary N) is 1. The van der Waals surface area contributed by atoms with Crippen LogP contribution in [0.4, 0.5) is 0 Å². The van der Waals surface area contributed by atoms with E-state index in [9.17, 15) is 0 Å². The van der Waals surface area contributed by atoms with E-state index in [0.29, 0.717) is 5.02 Å². The smallest absolute Gasteiger partial charge is 0.100 e. The van der Waals surface area contributed by atoms with Crippen LogP contribution in [-0.2, 0) is 0 Å². The van der Waals surface area contributed by atoms with Crippen molar-refractivity contribution in [3.05, 3.63) is 58.4 Å². The minimum absolute atomic E-state index is 0.0269. The number of halogens is 1. The molecular formula is C17H18ClN3. The highest BCUT2D eigenvalue weighted by Crippen LogP contribution is 2.28. The SMILES string of the molecule is Cc1cc2ncn(-c3ccc(C(C)N)cc3Cl)c2cc1C. The highest BCUT2D eigenvalue weighted by Gasteiger charge is 2.11. The predicted molar refractivity (Wildman–Crippen MR) is 88.2 cm³/mol. The Balaban J connectivity index is 2.19. The standard InChI is InChI=1S/C17H18ClN3/c1-10-6-15-17(7-11(10)2)21(9-20-15)16-5-4-13(12(3)19)8-14(16)18/h4-9,12H,19H2,1-3H3. The molecule has 0 amide bonds. The number of fused-ring (bicyclic) bond motifs is 1. The molecule has 0 aliphatic carbocycles. The molecule has 0 spiro atoms. The number of benzene rings is 2. The van der Waals surface area contributed by atoms with Crippen LogP contribution in [0.1, 0.15) is 29.7 Å². The van der Waals surface area contributed by atoms with Crippen LogP contribution in [0.3, 0.4) is 0 Å². The highest BCUT2D eigenvalue weighted by molar-refractivity contribution is 6.32. The Labute approximate surface area is 129 Å². The van der Waals surface area contributed by atoms with Gasteiger partial charge in [0.2, 0.25) is 0 Å². The second kappa shape index (κ2) is 5.17.